The van der Waals surface area contributed by atoms with E-state index < -0.39 is 0 Å². The summed E-state index contributed by atoms with van der Waals surface area (Å²) in [6.45, 7) is 0.892. The maximum Gasteiger partial charge on any atom is 0.268 e. The van der Waals surface area contributed by atoms with Gasteiger partial charge in [0.2, 0.25) is 5.96 Å². The fraction of sp³-hybridized carbons (Fsp3) is 0.333. The molecular formula is C12H13Cl2N3O2. The molecule has 0 N–H and O–H groups in total. The van der Waals surface area contributed by atoms with E-state index in [-0.39, 0.29) is 24.9 Å². The molecule has 0 spiro atoms. The number of nitrogens with zero attached hydrogens (tertiary/aromatic N) is 3. The molecule has 102 valence electrons. The Hall–Kier alpha value is -1.46. The quantitative estimate of drug-likeness (QED) is 0.795. The van der Waals surface area contributed by atoms with Crippen molar-refractivity contribution in [2.24, 2.45) is 4.99 Å². The van der Waals surface area contributed by atoms with E-state index in [1.807, 2.05) is 29.0 Å². The molecule has 0 saturated heterocycles. The van der Waals surface area contributed by atoms with Crippen molar-refractivity contribution >= 4 is 41.6 Å². The van der Waals surface area contributed by atoms with Gasteiger partial charge in [-0.2, -0.15) is 4.99 Å². The summed E-state index contributed by atoms with van der Waals surface area (Å²) in [4.78, 5) is 19.3. The molecule has 0 aliphatic carbocycles. The number of benzene rings is 1. The highest BCUT2D eigenvalue weighted by atomic mass is 35.5. The van der Waals surface area contributed by atoms with Crippen LogP contribution in [0.5, 0.6) is 5.75 Å². The topological polar surface area (TPSA) is 45.1 Å². The van der Waals surface area contributed by atoms with Crippen LogP contribution in [-0.2, 0) is 11.3 Å². The summed E-state index contributed by atoms with van der Waals surface area (Å²) >= 11 is 6.32. The van der Waals surface area contributed by atoms with Crippen molar-refractivity contribution in [3.05, 3.63) is 22.7 Å². The Morgan fingerprint density at radius 2 is 2.11 bits per heavy atom. The van der Waals surface area contributed by atoms with Crippen molar-refractivity contribution in [3.63, 3.8) is 0 Å². The zero-order valence-corrected chi connectivity index (χ0v) is 12.1. The van der Waals surface area contributed by atoms with Crippen LogP contribution < -0.4 is 9.64 Å². The number of carbonyl (C=O) groups excluding carboxylic acids is 1. The third-order valence-corrected chi connectivity index (χ3v) is 3.60. The molecule has 2 heterocycles. The molecule has 0 saturated carbocycles. The predicted octanol–water partition coefficient (Wildman–Crippen LogP) is 1.92. The molecule has 0 unspecified atom stereocenters. The second kappa shape index (κ2) is 4.90. The number of carbonyl (C=O) groups is 1. The van der Waals surface area contributed by atoms with Crippen molar-refractivity contribution < 1.29 is 9.53 Å². The van der Waals surface area contributed by atoms with Crippen LogP contribution in [0.15, 0.2) is 17.1 Å². The fourth-order valence-electron chi connectivity index (χ4n) is 2.36. The lowest BCUT2D eigenvalue weighted by Gasteiger charge is -2.35. The minimum absolute atomic E-state index is 0. The van der Waals surface area contributed by atoms with Crippen LogP contribution in [0.4, 0.5) is 5.69 Å². The molecule has 1 amide bonds. The fourth-order valence-corrected chi connectivity index (χ4v) is 2.65. The largest absolute Gasteiger partial charge is 0.495 e. The van der Waals surface area contributed by atoms with Gasteiger partial charge in [0.05, 0.1) is 17.8 Å². The maximum absolute atomic E-state index is 11.5. The Morgan fingerprint density at radius 1 is 1.37 bits per heavy atom. The zero-order chi connectivity index (χ0) is 12.9. The average Bonchev–Trinajstić information content (AvgIpc) is 2.73. The molecule has 3 rings (SSSR count). The lowest BCUT2D eigenvalue weighted by Crippen LogP contribution is -2.44. The summed E-state index contributed by atoms with van der Waals surface area (Å²) in [7, 11) is 3.48. The first-order valence-corrected chi connectivity index (χ1v) is 5.95. The minimum Gasteiger partial charge on any atom is -0.495 e. The molecule has 2 aliphatic heterocycles. The lowest BCUT2D eigenvalue weighted by atomic mass is 10.1. The van der Waals surface area contributed by atoms with Gasteiger partial charge in [0, 0.05) is 19.2 Å². The summed E-state index contributed by atoms with van der Waals surface area (Å²) < 4.78 is 5.21. The van der Waals surface area contributed by atoms with E-state index in [1.54, 1.807) is 7.11 Å². The van der Waals surface area contributed by atoms with E-state index >= 15 is 0 Å². The number of methoxy groups -OCH3 is 1. The number of anilines is 1. The summed E-state index contributed by atoms with van der Waals surface area (Å²) in [5.74, 6) is 1.21. The molecule has 1 aromatic carbocycles. The Morgan fingerprint density at radius 3 is 2.79 bits per heavy atom. The number of guanidine groups is 1. The van der Waals surface area contributed by atoms with Gasteiger partial charge in [-0.05, 0) is 12.1 Å². The molecule has 5 nitrogen and oxygen atoms in total. The van der Waals surface area contributed by atoms with Gasteiger partial charge in [0.15, 0.2) is 0 Å². The molecule has 0 atom stereocenters. The Labute approximate surface area is 122 Å². The van der Waals surface area contributed by atoms with Gasteiger partial charge >= 0.3 is 0 Å². The van der Waals surface area contributed by atoms with Gasteiger partial charge in [0.1, 0.15) is 12.3 Å². The molecule has 2 aliphatic rings. The average molecular weight is 302 g/mol. The van der Waals surface area contributed by atoms with Crippen LogP contribution >= 0.6 is 24.0 Å². The van der Waals surface area contributed by atoms with E-state index in [1.165, 1.54) is 0 Å². The van der Waals surface area contributed by atoms with E-state index in [0.717, 1.165) is 11.3 Å². The van der Waals surface area contributed by atoms with E-state index in [9.17, 15) is 4.79 Å². The van der Waals surface area contributed by atoms with Gasteiger partial charge in [-0.25, -0.2) is 0 Å². The van der Waals surface area contributed by atoms with Crippen LogP contribution in [0, 0.1) is 0 Å². The maximum atomic E-state index is 11.5. The van der Waals surface area contributed by atoms with Gasteiger partial charge in [-0.1, -0.05) is 11.6 Å². The summed E-state index contributed by atoms with van der Waals surface area (Å²) in [6.07, 6.45) is 0. The summed E-state index contributed by atoms with van der Waals surface area (Å²) in [5.41, 5.74) is 1.90. The smallest absolute Gasteiger partial charge is 0.268 e. The number of aliphatic imine (C=N–C) groups is 1. The van der Waals surface area contributed by atoms with Crippen LogP contribution in [0.1, 0.15) is 5.56 Å². The number of rotatable bonds is 1. The number of amides is 1. The van der Waals surface area contributed by atoms with Crippen molar-refractivity contribution in [2.45, 2.75) is 6.54 Å². The van der Waals surface area contributed by atoms with Crippen LogP contribution in [0.3, 0.4) is 0 Å². The molecule has 0 radical (unpaired) electrons. The normalized spacial score (nSPS) is 16.6. The van der Waals surface area contributed by atoms with Gasteiger partial charge in [0.25, 0.3) is 5.91 Å². The highest BCUT2D eigenvalue weighted by Crippen LogP contribution is 2.39. The third kappa shape index (κ3) is 2.03. The highest BCUT2D eigenvalue weighted by Gasteiger charge is 2.34. The van der Waals surface area contributed by atoms with E-state index in [0.29, 0.717) is 23.3 Å². The minimum atomic E-state index is -0.128. The van der Waals surface area contributed by atoms with Crippen molar-refractivity contribution in [1.29, 1.82) is 0 Å². The van der Waals surface area contributed by atoms with Gasteiger partial charge in [-0.15, -0.1) is 12.4 Å². The number of hydrogen-bond acceptors (Lipinski definition) is 4. The first kappa shape index (κ1) is 14.0. The number of fused-ring (bicyclic) bond motifs is 3. The third-order valence-electron chi connectivity index (χ3n) is 3.19. The molecule has 1 aromatic rings. The van der Waals surface area contributed by atoms with Gasteiger partial charge < -0.3 is 14.5 Å². The molecule has 0 bridgehead atoms. The lowest BCUT2D eigenvalue weighted by molar-refractivity contribution is -0.115. The van der Waals surface area contributed by atoms with Crippen LogP contribution in [-0.4, -0.2) is 37.5 Å². The number of hydrogen-bond donors (Lipinski definition) is 0. The molecule has 0 aromatic heterocycles. The standard InChI is InChI=1S/C12H12ClN3O2.ClH/c1-15-5-7-8(3-4-9(18-2)11(7)13)16-6-10(17)14-12(15)16;/h3-4H,5-6H2,1-2H3;1H. The van der Waals surface area contributed by atoms with Crippen LogP contribution in [0.25, 0.3) is 0 Å². The monoisotopic (exact) mass is 301 g/mol. The van der Waals surface area contributed by atoms with E-state index in [2.05, 4.69) is 4.99 Å². The van der Waals surface area contributed by atoms with Crippen molar-refractivity contribution in [3.8, 4) is 5.75 Å². The predicted molar refractivity (Wildman–Crippen MR) is 76.5 cm³/mol. The SMILES string of the molecule is COc1ccc2c(c1Cl)CN(C)C1=NC(=O)CN12.Cl. The molecule has 0 fully saturated rings. The number of ether oxygens (including phenoxy) is 1. The van der Waals surface area contributed by atoms with Crippen LogP contribution in [0.2, 0.25) is 5.02 Å². The Kier molecular flexibility index (Phi) is 3.60. The highest BCUT2D eigenvalue weighted by molar-refractivity contribution is 6.33. The summed E-state index contributed by atoms with van der Waals surface area (Å²) in [6, 6.07) is 3.73. The zero-order valence-electron chi connectivity index (χ0n) is 10.5. The van der Waals surface area contributed by atoms with Crippen molar-refractivity contribution in [1.82, 2.24) is 4.90 Å². The molecule has 19 heavy (non-hydrogen) atoms. The first-order chi connectivity index (χ1) is 8.61. The summed E-state index contributed by atoms with van der Waals surface area (Å²) in [5, 5.41) is 0.597. The van der Waals surface area contributed by atoms with Crippen molar-refractivity contribution in [2.75, 3.05) is 25.6 Å². The second-order valence-corrected chi connectivity index (χ2v) is 4.71. The van der Waals surface area contributed by atoms with E-state index in [4.69, 9.17) is 16.3 Å². The Balaban J connectivity index is 0.00000133. The molecular weight excluding hydrogens is 289 g/mol. The number of halogens is 2. The van der Waals surface area contributed by atoms with Gasteiger partial charge in [-0.3, -0.25) is 4.79 Å². The molecule has 7 heteroatoms. The first-order valence-electron chi connectivity index (χ1n) is 5.57. The Bertz CT molecular complexity index is 574. The second-order valence-electron chi connectivity index (χ2n) is 4.33.